The van der Waals surface area contributed by atoms with Gasteiger partial charge in [-0.05, 0) is 35.9 Å². The van der Waals surface area contributed by atoms with Crippen LogP contribution in [-0.2, 0) is 11.8 Å². The zero-order chi connectivity index (χ0) is 24.0. The highest BCUT2D eigenvalue weighted by molar-refractivity contribution is 6.10. The van der Waals surface area contributed by atoms with Gasteiger partial charge in [-0.3, -0.25) is 9.48 Å². The molecular weight excluding hydrogens is 451 g/mol. The van der Waals surface area contributed by atoms with Crippen molar-refractivity contribution in [2.75, 3.05) is 25.5 Å². The molecule has 1 atom stereocenters. The monoisotopic (exact) mass is 471 g/mol. The number of nitrogens with zero attached hydrogens (tertiary/aromatic N) is 4. The van der Waals surface area contributed by atoms with Gasteiger partial charge in [-0.15, -0.1) is 13.2 Å². The van der Waals surface area contributed by atoms with Crippen LogP contribution in [0.5, 0.6) is 5.75 Å². The molecule has 1 unspecified atom stereocenters. The Morgan fingerprint density at radius 1 is 1.18 bits per heavy atom. The first kappa shape index (κ1) is 22.0. The fraction of sp³-hybridized carbons (Fsp3) is 0.261. The molecule has 0 saturated carbocycles. The number of nitrogen functional groups attached to an aromatic ring is 1. The summed E-state index contributed by atoms with van der Waals surface area (Å²) in [5.74, 6) is -0.194. The molecule has 34 heavy (non-hydrogen) atoms. The second-order valence-corrected chi connectivity index (χ2v) is 7.97. The van der Waals surface area contributed by atoms with Crippen molar-refractivity contribution in [1.82, 2.24) is 19.7 Å². The van der Waals surface area contributed by atoms with Gasteiger partial charge >= 0.3 is 6.36 Å². The van der Waals surface area contributed by atoms with Crippen LogP contribution in [0, 0.1) is 0 Å². The number of anilines is 1. The van der Waals surface area contributed by atoms with Crippen LogP contribution in [0.3, 0.4) is 0 Å². The van der Waals surface area contributed by atoms with Crippen LogP contribution >= 0.6 is 0 Å². The molecule has 176 valence electrons. The Hall–Kier alpha value is -3.86. The van der Waals surface area contributed by atoms with Crippen LogP contribution in [0.15, 0.2) is 48.7 Å². The normalized spacial score (nSPS) is 16.8. The van der Waals surface area contributed by atoms with E-state index in [-0.39, 0.29) is 18.3 Å². The SMILES string of the molecule is Cn1ncc2c3cc(C(=O)N4CCOCC4c4ccc(OC(F)(F)F)cc4)ccc3nc(N)c21. The minimum atomic E-state index is -4.77. The van der Waals surface area contributed by atoms with Crippen molar-refractivity contribution in [3.63, 3.8) is 0 Å². The summed E-state index contributed by atoms with van der Waals surface area (Å²) in [6, 6.07) is 10.2. The topological polar surface area (TPSA) is 95.5 Å². The average Bonchev–Trinajstić information content (AvgIpc) is 3.20. The van der Waals surface area contributed by atoms with Crippen molar-refractivity contribution in [2.24, 2.45) is 7.05 Å². The van der Waals surface area contributed by atoms with E-state index in [1.165, 1.54) is 24.3 Å². The van der Waals surface area contributed by atoms with Crippen molar-refractivity contribution >= 4 is 33.5 Å². The molecule has 1 aliphatic rings. The Labute approximate surface area is 191 Å². The van der Waals surface area contributed by atoms with Crippen LogP contribution in [0.25, 0.3) is 21.8 Å². The van der Waals surface area contributed by atoms with Gasteiger partial charge in [0.25, 0.3) is 5.91 Å². The number of pyridine rings is 1. The molecule has 1 amide bonds. The number of halogens is 3. The number of benzene rings is 2. The number of hydrogen-bond acceptors (Lipinski definition) is 6. The molecule has 0 spiro atoms. The van der Waals surface area contributed by atoms with Crippen LogP contribution in [0.2, 0.25) is 0 Å². The van der Waals surface area contributed by atoms with Crippen LogP contribution in [-0.4, -0.2) is 51.7 Å². The number of aromatic nitrogens is 3. The highest BCUT2D eigenvalue weighted by Gasteiger charge is 2.32. The standard InChI is InChI=1S/C23H20F3N5O3/c1-30-20-17(11-28-30)16-10-14(4-7-18(16)29-21(20)27)22(32)31-8-9-33-12-19(31)13-2-5-15(6-3-13)34-23(24,25)26/h2-7,10-11,19H,8-9,12H2,1H3,(H2,27,29). The fourth-order valence-corrected chi connectivity index (χ4v) is 4.28. The highest BCUT2D eigenvalue weighted by Crippen LogP contribution is 2.32. The quantitative estimate of drug-likeness (QED) is 0.488. The molecule has 3 heterocycles. The van der Waals surface area contributed by atoms with Crippen molar-refractivity contribution in [2.45, 2.75) is 12.4 Å². The molecule has 2 aromatic carbocycles. The van der Waals surface area contributed by atoms with Crippen molar-refractivity contribution in [1.29, 1.82) is 0 Å². The third kappa shape index (κ3) is 3.98. The van der Waals surface area contributed by atoms with E-state index in [2.05, 4.69) is 14.8 Å². The van der Waals surface area contributed by atoms with Crippen LogP contribution in [0.1, 0.15) is 22.0 Å². The van der Waals surface area contributed by atoms with E-state index in [4.69, 9.17) is 10.5 Å². The molecule has 11 heteroatoms. The molecule has 1 fully saturated rings. The molecule has 0 radical (unpaired) electrons. The lowest BCUT2D eigenvalue weighted by Crippen LogP contribution is -2.43. The number of nitrogens with two attached hydrogens (primary N) is 1. The largest absolute Gasteiger partial charge is 0.573 e. The zero-order valence-corrected chi connectivity index (χ0v) is 18.0. The van der Waals surface area contributed by atoms with Gasteiger partial charge in [0.15, 0.2) is 0 Å². The molecule has 2 N–H and O–H groups in total. The number of fused-ring (bicyclic) bond motifs is 3. The first-order valence-corrected chi connectivity index (χ1v) is 10.5. The first-order chi connectivity index (χ1) is 16.2. The van der Waals surface area contributed by atoms with E-state index in [9.17, 15) is 18.0 Å². The number of morpholine rings is 1. The Morgan fingerprint density at radius 3 is 2.68 bits per heavy atom. The van der Waals surface area contributed by atoms with E-state index in [0.717, 1.165) is 10.8 Å². The third-order valence-electron chi connectivity index (χ3n) is 5.84. The summed E-state index contributed by atoms with van der Waals surface area (Å²) in [6.45, 7) is 0.921. The predicted octanol–water partition coefficient (Wildman–Crippen LogP) is 3.82. The maximum absolute atomic E-state index is 13.5. The molecule has 5 rings (SSSR count). The molecular formula is C23H20F3N5O3. The van der Waals surface area contributed by atoms with Crippen molar-refractivity contribution in [3.8, 4) is 5.75 Å². The highest BCUT2D eigenvalue weighted by atomic mass is 19.4. The zero-order valence-electron chi connectivity index (χ0n) is 18.0. The predicted molar refractivity (Wildman–Crippen MR) is 118 cm³/mol. The summed E-state index contributed by atoms with van der Waals surface area (Å²) >= 11 is 0. The maximum atomic E-state index is 13.5. The molecule has 4 aromatic rings. The number of amides is 1. The minimum Gasteiger partial charge on any atom is -0.406 e. The molecule has 1 aliphatic heterocycles. The molecule has 8 nitrogen and oxygen atoms in total. The van der Waals surface area contributed by atoms with Crippen molar-refractivity contribution < 1.29 is 27.4 Å². The van der Waals surface area contributed by atoms with Gasteiger partial charge in [0.1, 0.15) is 17.1 Å². The van der Waals surface area contributed by atoms with Gasteiger partial charge in [0.05, 0.1) is 31.0 Å². The van der Waals surface area contributed by atoms with Crippen molar-refractivity contribution in [3.05, 3.63) is 59.8 Å². The second-order valence-electron chi connectivity index (χ2n) is 7.97. The van der Waals surface area contributed by atoms with Gasteiger partial charge in [0.2, 0.25) is 0 Å². The molecule has 2 aromatic heterocycles. The number of carbonyl (C=O) groups is 1. The average molecular weight is 471 g/mol. The Morgan fingerprint density at radius 2 is 1.94 bits per heavy atom. The molecule has 0 bridgehead atoms. The smallest absolute Gasteiger partial charge is 0.406 e. The number of ether oxygens (including phenoxy) is 2. The van der Waals surface area contributed by atoms with E-state index in [0.29, 0.717) is 41.1 Å². The molecule has 1 saturated heterocycles. The number of alkyl halides is 3. The molecule has 0 aliphatic carbocycles. The summed E-state index contributed by atoms with van der Waals surface area (Å²) in [5.41, 5.74) is 8.50. The fourth-order valence-electron chi connectivity index (χ4n) is 4.28. The van der Waals surface area contributed by atoms with Gasteiger partial charge in [0, 0.05) is 29.9 Å². The number of carbonyl (C=O) groups excluding carboxylic acids is 1. The van der Waals surface area contributed by atoms with Crippen LogP contribution < -0.4 is 10.5 Å². The number of hydrogen-bond donors (Lipinski definition) is 1. The first-order valence-electron chi connectivity index (χ1n) is 10.5. The summed E-state index contributed by atoms with van der Waals surface area (Å²) < 4.78 is 48.6. The lowest BCUT2D eigenvalue weighted by molar-refractivity contribution is -0.274. The van der Waals surface area contributed by atoms with E-state index < -0.39 is 12.4 Å². The van der Waals surface area contributed by atoms with Gasteiger partial charge in [-0.2, -0.15) is 5.10 Å². The summed E-state index contributed by atoms with van der Waals surface area (Å²) in [5, 5.41) is 5.80. The number of aryl methyl sites for hydroxylation is 1. The van der Waals surface area contributed by atoms with E-state index >= 15 is 0 Å². The second kappa shape index (κ2) is 8.17. The lowest BCUT2D eigenvalue weighted by atomic mass is 10.0. The third-order valence-corrected chi connectivity index (χ3v) is 5.84. The van der Waals surface area contributed by atoms with Gasteiger partial charge in [-0.25, -0.2) is 4.98 Å². The van der Waals surface area contributed by atoms with E-state index in [1.807, 2.05) is 0 Å². The van der Waals surface area contributed by atoms with Gasteiger partial charge in [-0.1, -0.05) is 12.1 Å². The Balaban J connectivity index is 1.48. The Kier molecular flexibility index (Phi) is 5.28. The van der Waals surface area contributed by atoms with Crippen LogP contribution in [0.4, 0.5) is 19.0 Å². The number of rotatable bonds is 3. The summed E-state index contributed by atoms with van der Waals surface area (Å²) in [6.07, 6.45) is -3.08. The summed E-state index contributed by atoms with van der Waals surface area (Å²) in [4.78, 5) is 19.6. The Bertz CT molecular complexity index is 1380. The minimum absolute atomic E-state index is 0.223. The summed E-state index contributed by atoms with van der Waals surface area (Å²) in [7, 11) is 1.77. The maximum Gasteiger partial charge on any atom is 0.573 e. The van der Waals surface area contributed by atoms with Gasteiger partial charge < -0.3 is 20.1 Å². The lowest BCUT2D eigenvalue weighted by Gasteiger charge is -2.36. The van der Waals surface area contributed by atoms with E-state index in [1.54, 1.807) is 41.0 Å².